The standard InChI is InChI=1S/C12H19N3/c1-7-13-11-10(9(2)3)14-8-15(11)12(4,5)6/h7-8H,2H2,1,3-6H3. The smallest absolute Gasteiger partial charge is 0.160 e. The van der Waals surface area contributed by atoms with Gasteiger partial charge in [-0.25, -0.2) is 9.98 Å². The van der Waals surface area contributed by atoms with E-state index < -0.39 is 0 Å². The quantitative estimate of drug-likeness (QED) is 0.681. The van der Waals surface area contributed by atoms with E-state index in [4.69, 9.17) is 0 Å². The van der Waals surface area contributed by atoms with Crippen molar-refractivity contribution >= 4 is 17.6 Å². The highest BCUT2D eigenvalue weighted by Crippen LogP contribution is 2.29. The summed E-state index contributed by atoms with van der Waals surface area (Å²) in [6.45, 7) is 14.2. The lowest BCUT2D eigenvalue weighted by atomic mass is 10.1. The Morgan fingerprint density at radius 3 is 2.53 bits per heavy atom. The van der Waals surface area contributed by atoms with E-state index in [2.05, 4.69) is 41.9 Å². The van der Waals surface area contributed by atoms with E-state index in [0.29, 0.717) is 0 Å². The molecule has 3 heteroatoms. The Morgan fingerprint density at radius 2 is 2.13 bits per heavy atom. The summed E-state index contributed by atoms with van der Waals surface area (Å²) in [5.41, 5.74) is 1.81. The zero-order valence-electron chi connectivity index (χ0n) is 10.2. The van der Waals surface area contributed by atoms with Gasteiger partial charge in [-0.1, -0.05) is 6.58 Å². The SMILES string of the molecule is C=C(C)c1ncn(C(C)(C)C)c1N=CC. The van der Waals surface area contributed by atoms with Crippen molar-refractivity contribution in [3.8, 4) is 0 Å². The summed E-state index contributed by atoms with van der Waals surface area (Å²) in [6.07, 6.45) is 3.61. The fourth-order valence-electron chi connectivity index (χ4n) is 1.38. The lowest BCUT2D eigenvalue weighted by Crippen LogP contribution is -2.20. The topological polar surface area (TPSA) is 30.2 Å². The third kappa shape index (κ3) is 2.35. The van der Waals surface area contributed by atoms with Crippen molar-refractivity contribution in [2.75, 3.05) is 0 Å². The summed E-state index contributed by atoms with van der Waals surface area (Å²) < 4.78 is 2.07. The lowest BCUT2D eigenvalue weighted by molar-refractivity contribution is 0.400. The van der Waals surface area contributed by atoms with Crippen LogP contribution in [0.4, 0.5) is 5.82 Å². The second-order valence-corrected chi connectivity index (χ2v) is 4.63. The number of aliphatic imine (C=N–C) groups is 1. The van der Waals surface area contributed by atoms with Crippen LogP contribution in [-0.4, -0.2) is 15.8 Å². The Labute approximate surface area is 91.6 Å². The molecule has 0 N–H and O–H groups in total. The minimum absolute atomic E-state index is 0.0114. The van der Waals surface area contributed by atoms with Crippen LogP contribution in [0, 0.1) is 0 Å². The van der Waals surface area contributed by atoms with Crippen LogP contribution in [0.25, 0.3) is 5.57 Å². The molecule has 0 amide bonds. The summed E-state index contributed by atoms with van der Waals surface area (Å²) in [6, 6.07) is 0. The van der Waals surface area contributed by atoms with Crippen molar-refractivity contribution in [3.63, 3.8) is 0 Å². The normalized spacial score (nSPS) is 12.3. The molecule has 0 spiro atoms. The molecule has 0 atom stereocenters. The maximum Gasteiger partial charge on any atom is 0.160 e. The number of allylic oxidation sites excluding steroid dienone is 1. The van der Waals surface area contributed by atoms with Gasteiger partial charge in [-0.2, -0.15) is 0 Å². The highest BCUT2D eigenvalue weighted by atomic mass is 15.2. The van der Waals surface area contributed by atoms with Gasteiger partial charge in [0.25, 0.3) is 0 Å². The number of imidazole rings is 1. The zero-order chi connectivity index (χ0) is 11.6. The van der Waals surface area contributed by atoms with Gasteiger partial charge in [0, 0.05) is 11.8 Å². The molecule has 1 aromatic heterocycles. The first kappa shape index (κ1) is 11.7. The fourth-order valence-corrected chi connectivity index (χ4v) is 1.38. The monoisotopic (exact) mass is 205 g/mol. The van der Waals surface area contributed by atoms with E-state index in [-0.39, 0.29) is 5.54 Å². The van der Waals surface area contributed by atoms with Crippen molar-refractivity contribution in [2.24, 2.45) is 4.99 Å². The van der Waals surface area contributed by atoms with Crippen LogP contribution >= 0.6 is 0 Å². The van der Waals surface area contributed by atoms with E-state index in [1.807, 2.05) is 20.2 Å². The Kier molecular flexibility index (Phi) is 3.12. The third-order valence-electron chi connectivity index (χ3n) is 2.12. The molecule has 0 bridgehead atoms. The number of aromatic nitrogens is 2. The highest BCUT2D eigenvalue weighted by molar-refractivity contribution is 5.70. The fraction of sp³-hybridized carbons (Fsp3) is 0.500. The molecule has 0 aromatic carbocycles. The first-order chi connectivity index (χ1) is 6.88. The van der Waals surface area contributed by atoms with Crippen molar-refractivity contribution in [3.05, 3.63) is 18.6 Å². The molecule has 3 nitrogen and oxygen atoms in total. The highest BCUT2D eigenvalue weighted by Gasteiger charge is 2.19. The molecular formula is C12H19N3. The number of nitrogens with zero attached hydrogens (tertiary/aromatic N) is 3. The molecule has 1 heterocycles. The van der Waals surface area contributed by atoms with Gasteiger partial charge in [0.2, 0.25) is 0 Å². The molecule has 82 valence electrons. The second-order valence-electron chi connectivity index (χ2n) is 4.63. The average molecular weight is 205 g/mol. The Bertz CT molecular complexity index is 391. The minimum Gasteiger partial charge on any atom is -0.310 e. The summed E-state index contributed by atoms with van der Waals surface area (Å²) in [5.74, 6) is 0.887. The molecule has 1 aromatic rings. The van der Waals surface area contributed by atoms with Crippen LogP contribution < -0.4 is 0 Å². The molecule has 0 radical (unpaired) electrons. The van der Waals surface area contributed by atoms with Crippen LogP contribution in [-0.2, 0) is 5.54 Å². The number of hydrogen-bond acceptors (Lipinski definition) is 2. The molecule has 15 heavy (non-hydrogen) atoms. The lowest BCUT2D eigenvalue weighted by Gasteiger charge is -2.22. The zero-order valence-corrected chi connectivity index (χ0v) is 10.2. The van der Waals surface area contributed by atoms with E-state index in [0.717, 1.165) is 17.1 Å². The summed E-state index contributed by atoms with van der Waals surface area (Å²) in [7, 11) is 0. The molecule has 0 aliphatic carbocycles. The van der Waals surface area contributed by atoms with Crippen LogP contribution in [0.1, 0.15) is 40.3 Å². The first-order valence-electron chi connectivity index (χ1n) is 5.10. The Balaban J connectivity index is 3.37. The molecule has 0 aliphatic rings. The van der Waals surface area contributed by atoms with Crippen molar-refractivity contribution in [2.45, 2.75) is 40.2 Å². The van der Waals surface area contributed by atoms with Crippen LogP contribution in [0.2, 0.25) is 0 Å². The van der Waals surface area contributed by atoms with Gasteiger partial charge in [0.05, 0.1) is 6.33 Å². The number of hydrogen-bond donors (Lipinski definition) is 0. The van der Waals surface area contributed by atoms with E-state index in [1.54, 1.807) is 6.21 Å². The van der Waals surface area contributed by atoms with E-state index in [1.165, 1.54) is 0 Å². The van der Waals surface area contributed by atoms with Crippen LogP contribution in [0.15, 0.2) is 17.9 Å². The van der Waals surface area contributed by atoms with Gasteiger partial charge < -0.3 is 4.57 Å². The summed E-state index contributed by atoms with van der Waals surface area (Å²) >= 11 is 0. The van der Waals surface area contributed by atoms with Crippen LogP contribution in [0.3, 0.4) is 0 Å². The third-order valence-corrected chi connectivity index (χ3v) is 2.12. The van der Waals surface area contributed by atoms with Crippen molar-refractivity contribution in [1.82, 2.24) is 9.55 Å². The molecule has 0 unspecified atom stereocenters. The predicted molar refractivity (Wildman–Crippen MR) is 65.8 cm³/mol. The Hall–Kier alpha value is -1.38. The van der Waals surface area contributed by atoms with E-state index >= 15 is 0 Å². The van der Waals surface area contributed by atoms with Gasteiger partial charge >= 0.3 is 0 Å². The van der Waals surface area contributed by atoms with Crippen molar-refractivity contribution < 1.29 is 0 Å². The predicted octanol–water partition coefficient (Wildman–Crippen LogP) is 3.39. The average Bonchev–Trinajstić information content (AvgIpc) is 2.47. The van der Waals surface area contributed by atoms with Gasteiger partial charge in [0.15, 0.2) is 5.82 Å². The molecule has 1 rings (SSSR count). The van der Waals surface area contributed by atoms with Gasteiger partial charge in [-0.15, -0.1) is 0 Å². The van der Waals surface area contributed by atoms with Crippen LogP contribution in [0.5, 0.6) is 0 Å². The number of rotatable bonds is 2. The Morgan fingerprint density at radius 1 is 1.53 bits per heavy atom. The first-order valence-corrected chi connectivity index (χ1v) is 5.10. The van der Waals surface area contributed by atoms with Gasteiger partial charge in [-0.3, -0.25) is 0 Å². The molecule has 0 fully saturated rings. The van der Waals surface area contributed by atoms with Crippen molar-refractivity contribution in [1.29, 1.82) is 0 Å². The van der Waals surface area contributed by atoms with Gasteiger partial charge in [-0.05, 0) is 40.2 Å². The maximum atomic E-state index is 4.37. The minimum atomic E-state index is -0.0114. The largest absolute Gasteiger partial charge is 0.310 e. The second kappa shape index (κ2) is 4.01. The molecular weight excluding hydrogens is 186 g/mol. The summed E-state index contributed by atoms with van der Waals surface area (Å²) in [5, 5.41) is 0. The molecule has 0 saturated heterocycles. The maximum absolute atomic E-state index is 4.37. The molecule has 0 saturated carbocycles. The summed E-state index contributed by atoms with van der Waals surface area (Å²) in [4.78, 5) is 8.72. The molecule has 0 aliphatic heterocycles. The van der Waals surface area contributed by atoms with E-state index in [9.17, 15) is 0 Å². The van der Waals surface area contributed by atoms with Gasteiger partial charge in [0.1, 0.15) is 5.69 Å².